The van der Waals surface area contributed by atoms with Gasteiger partial charge in [0.25, 0.3) is 0 Å². The van der Waals surface area contributed by atoms with Crippen molar-refractivity contribution in [2.75, 3.05) is 0 Å². The van der Waals surface area contributed by atoms with Crippen LogP contribution in [0, 0.1) is 13.8 Å². The van der Waals surface area contributed by atoms with E-state index in [0.717, 1.165) is 11.4 Å². The number of nitrogens with zero attached hydrogens (tertiary/aromatic N) is 5. The van der Waals surface area contributed by atoms with Crippen molar-refractivity contribution in [2.45, 2.75) is 13.8 Å². The Hall–Kier alpha value is -3.22. The highest BCUT2D eigenvalue weighted by Crippen LogP contribution is 2.20. The maximum Gasteiger partial charge on any atom is 0.157 e. The third-order valence-corrected chi connectivity index (χ3v) is 3.41. The zero-order chi connectivity index (χ0) is 16.4. The summed E-state index contributed by atoms with van der Waals surface area (Å²) in [5.74, 6) is 6.22. The average molecular weight is 308 g/mol. The number of para-hydroxylation sites is 1. The van der Waals surface area contributed by atoms with Crippen LogP contribution in [0.15, 0.2) is 47.8 Å². The minimum Gasteiger partial charge on any atom is -0.507 e. The van der Waals surface area contributed by atoms with Crippen LogP contribution in [0.25, 0.3) is 5.82 Å². The summed E-state index contributed by atoms with van der Waals surface area (Å²) < 4.78 is 1.72. The van der Waals surface area contributed by atoms with Crippen molar-refractivity contribution < 1.29 is 5.11 Å². The Morgan fingerprint density at radius 3 is 2.61 bits per heavy atom. The topological polar surface area (TPSA) is 102 Å². The van der Waals surface area contributed by atoms with E-state index in [9.17, 15) is 5.11 Å². The molecule has 0 saturated heterocycles. The number of phenols is 1. The smallest absolute Gasteiger partial charge is 0.157 e. The molecule has 0 aliphatic rings. The van der Waals surface area contributed by atoms with Crippen LogP contribution in [0.5, 0.6) is 5.75 Å². The van der Waals surface area contributed by atoms with E-state index in [2.05, 4.69) is 20.2 Å². The molecular weight excluding hydrogens is 292 g/mol. The molecule has 3 aromatic rings. The number of hydrogen-bond acceptors (Lipinski definition) is 6. The van der Waals surface area contributed by atoms with Gasteiger partial charge in [-0.1, -0.05) is 12.1 Å². The van der Waals surface area contributed by atoms with E-state index < -0.39 is 0 Å². The molecule has 0 fully saturated rings. The predicted octanol–water partition coefficient (Wildman–Crippen LogP) is 1.70. The predicted molar refractivity (Wildman–Crippen MR) is 86.6 cm³/mol. The van der Waals surface area contributed by atoms with Crippen LogP contribution in [0.1, 0.15) is 22.6 Å². The molecule has 1 aromatic carbocycles. The highest BCUT2D eigenvalue weighted by Gasteiger charge is 2.14. The van der Waals surface area contributed by atoms with Crippen LogP contribution in [-0.4, -0.2) is 30.6 Å². The molecule has 23 heavy (non-hydrogen) atoms. The summed E-state index contributed by atoms with van der Waals surface area (Å²) in [6, 6.07) is 10.5. The van der Waals surface area contributed by atoms with Crippen LogP contribution >= 0.6 is 0 Å². The Bertz CT molecular complexity index is 884. The van der Waals surface area contributed by atoms with Gasteiger partial charge in [0.2, 0.25) is 0 Å². The molecular formula is C16H16N6O. The van der Waals surface area contributed by atoms with Gasteiger partial charge in [0.1, 0.15) is 17.8 Å². The first-order valence-corrected chi connectivity index (χ1v) is 7.02. The molecule has 3 rings (SSSR count). The first-order valence-electron chi connectivity index (χ1n) is 7.02. The number of aromatic hydroxyl groups is 1. The van der Waals surface area contributed by atoms with Gasteiger partial charge in [0.05, 0.1) is 11.4 Å². The van der Waals surface area contributed by atoms with Crippen molar-refractivity contribution in [3.8, 4) is 11.6 Å². The molecule has 7 heteroatoms. The summed E-state index contributed by atoms with van der Waals surface area (Å²) in [5.41, 5.74) is 3.25. The molecule has 0 unspecified atom stereocenters. The number of rotatable bonds is 3. The molecule has 0 bridgehead atoms. The van der Waals surface area contributed by atoms with Gasteiger partial charge in [-0.2, -0.15) is 10.2 Å². The van der Waals surface area contributed by atoms with Gasteiger partial charge in [-0.3, -0.25) is 0 Å². The lowest BCUT2D eigenvalue weighted by Gasteiger charge is -2.09. The second-order valence-corrected chi connectivity index (χ2v) is 5.10. The van der Waals surface area contributed by atoms with Crippen molar-refractivity contribution in [3.05, 3.63) is 65.4 Å². The fourth-order valence-electron chi connectivity index (χ4n) is 2.40. The van der Waals surface area contributed by atoms with Gasteiger partial charge < -0.3 is 10.9 Å². The van der Waals surface area contributed by atoms with Gasteiger partial charge in [0.15, 0.2) is 5.82 Å². The summed E-state index contributed by atoms with van der Waals surface area (Å²) in [7, 11) is 0. The Labute approximate surface area is 133 Å². The Kier molecular flexibility index (Phi) is 3.76. The van der Waals surface area contributed by atoms with Crippen molar-refractivity contribution in [1.29, 1.82) is 0 Å². The largest absolute Gasteiger partial charge is 0.507 e. The Morgan fingerprint density at radius 1 is 1.17 bits per heavy atom. The molecule has 3 N–H and O–H groups in total. The fraction of sp³-hybridized carbons (Fsp3) is 0.125. The highest BCUT2D eigenvalue weighted by atomic mass is 16.3. The second kappa shape index (κ2) is 5.88. The number of phenolic OH excluding ortho intramolecular Hbond substituents is 1. The molecule has 2 aromatic heterocycles. The quantitative estimate of drug-likeness (QED) is 0.435. The SMILES string of the molecule is Cc1cc(C)n(-c2cc(/C(=N/N)c3ccccc3O)ncn2)n1. The van der Waals surface area contributed by atoms with E-state index in [-0.39, 0.29) is 5.75 Å². The first-order chi connectivity index (χ1) is 11.1. The second-order valence-electron chi connectivity index (χ2n) is 5.10. The molecule has 2 heterocycles. The molecule has 0 radical (unpaired) electrons. The van der Waals surface area contributed by atoms with Crippen LogP contribution < -0.4 is 5.84 Å². The minimum atomic E-state index is 0.0861. The van der Waals surface area contributed by atoms with Gasteiger partial charge in [-0.05, 0) is 32.0 Å². The number of hydrogen-bond donors (Lipinski definition) is 2. The Morgan fingerprint density at radius 2 is 1.96 bits per heavy atom. The number of hydrazone groups is 1. The average Bonchev–Trinajstić information content (AvgIpc) is 2.89. The standard InChI is InChI=1S/C16H16N6O/c1-10-7-11(2)22(21-10)15-8-13(18-9-19-15)16(20-17)12-5-3-4-6-14(12)23/h3-9,23H,17H2,1-2H3/b20-16+. The summed E-state index contributed by atoms with van der Waals surface area (Å²) in [6.07, 6.45) is 1.42. The molecule has 0 atom stereocenters. The van der Waals surface area contributed by atoms with E-state index in [0.29, 0.717) is 22.8 Å². The van der Waals surface area contributed by atoms with E-state index >= 15 is 0 Å². The third kappa shape index (κ3) is 2.76. The normalized spacial score (nSPS) is 11.7. The van der Waals surface area contributed by atoms with Crippen LogP contribution in [0.3, 0.4) is 0 Å². The van der Waals surface area contributed by atoms with E-state index in [4.69, 9.17) is 5.84 Å². The zero-order valence-electron chi connectivity index (χ0n) is 12.8. The monoisotopic (exact) mass is 308 g/mol. The first kappa shape index (κ1) is 14.7. The van der Waals surface area contributed by atoms with Crippen LogP contribution in [0.2, 0.25) is 0 Å². The van der Waals surface area contributed by atoms with Crippen LogP contribution in [0.4, 0.5) is 0 Å². The summed E-state index contributed by atoms with van der Waals surface area (Å²) in [6.45, 7) is 3.86. The maximum atomic E-state index is 10.0. The number of benzene rings is 1. The third-order valence-electron chi connectivity index (χ3n) is 3.41. The fourth-order valence-corrected chi connectivity index (χ4v) is 2.40. The highest BCUT2D eigenvalue weighted by molar-refractivity contribution is 6.13. The molecule has 7 nitrogen and oxygen atoms in total. The van der Waals surface area contributed by atoms with E-state index in [1.165, 1.54) is 6.33 Å². The van der Waals surface area contributed by atoms with Gasteiger partial charge in [-0.15, -0.1) is 0 Å². The van der Waals surface area contributed by atoms with Gasteiger partial charge in [0, 0.05) is 17.3 Å². The molecule has 0 spiro atoms. The van der Waals surface area contributed by atoms with E-state index in [1.807, 2.05) is 19.9 Å². The number of aryl methyl sites for hydroxylation is 2. The number of aromatic nitrogens is 4. The summed E-state index contributed by atoms with van der Waals surface area (Å²) >= 11 is 0. The lowest BCUT2D eigenvalue weighted by atomic mass is 10.1. The maximum absolute atomic E-state index is 10.0. The van der Waals surface area contributed by atoms with Crippen LogP contribution in [-0.2, 0) is 0 Å². The zero-order valence-corrected chi connectivity index (χ0v) is 12.8. The lowest BCUT2D eigenvalue weighted by Crippen LogP contribution is -2.11. The molecule has 0 aliphatic heterocycles. The van der Waals surface area contributed by atoms with Crippen molar-refractivity contribution in [2.24, 2.45) is 10.9 Å². The molecule has 0 aliphatic carbocycles. The Balaban J connectivity index is 2.09. The molecule has 0 saturated carbocycles. The van der Waals surface area contributed by atoms with Crippen molar-refractivity contribution in [3.63, 3.8) is 0 Å². The summed E-state index contributed by atoms with van der Waals surface area (Å²) in [5, 5.41) is 18.2. The number of nitrogens with two attached hydrogens (primary N) is 1. The lowest BCUT2D eigenvalue weighted by molar-refractivity contribution is 0.474. The minimum absolute atomic E-state index is 0.0861. The summed E-state index contributed by atoms with van der Waals surface area (Å²) in [4.78, 5) is 8.46. The molecule has 0 amide bonds. The van der Waals surface area contributed by atoms with Crippen molar-refractivity contribution in [1.82, 2.24) is 19.7 Å². The van der Waals surface area contributed by atoms with Gasteiger partial charge >= 0.3 is 0 Å². The molecule has 116 valence electrons. The van der Waals surface area contributed by atoms with Gasteiger partial charge in [-0.25, -0.2) is 14.6 Å². The van der Waals surface area contributed by atoms with E-state index in [1.54, 1.807) is 35.0 Å². The van der Waals surface area contributed by atoms with Crippen molar-refractivity contribution >= 4 is 5.71 Å².